The lowest BCUT2D eigenvalue weighted by atomic mass is 10.1. The summed E-state index contributed by atoms with van der Waals surface area (Å²) in [5.74, 6) is -0.317. The number of carbonyl (C=O) groups is 2. The zero-order valence-electron chi connectivity index (χ0n) is 13.0. The van der Waals surface area contributed by atoms with Crippen LogP contribution in [0.1, 0.15) is 6.42 Å². The molecule has 1 heterocycles. The lowest BCUT2D eigenvalue weighted by Crippen LogP contribution is -2.34. The van der Waals surface area contributed by atoms with E-state index in [4.69, 9.17) is 0 Å². The first-order valence-corrected chi connectivity index (χ1v) is 7.77. The topological polar surface area (TPSA) is 61.4 Å². The molecule has 1 aliphatic rings. The highest BCUT2D eigenvalue weighted by Crippen LogP contribution is 2.24. The molecule has 5 nitrogen and oxygen atoms in total. The minimum atomic E-state index is -0.332. The maximum atomic E-state index is 13.0. The number of carbonyl (C=O) groups excluding carboxylic acids is 2. The van der Waals surface area contributed by atoms with Gasteiger partial charge in [0.1, 0.15) is 5.82 Å². The van der Waals surface area contributed by atoms with Gasteiger partial charge < -0.3 is 15.5 Å². The van der Waals surface area contributed by atoms with E-state index in [0.29, 0.717) is 30.9 Å². The second-order valence-electron chi connectivity index (χ2n) is 5.75. The summed E-state index contributed by atoms with van der Waals surface area (Å²) in [6, 6.07) is 14.7. The number of nitrogens with one attached hydrogen (secondary N) is 2. The maximum Gasteiger partial charge on any atom is 0.319 e. The van der Waals surface area contributed by atoms with Crippen LogP contribution < -0.4 is 15.5 Å². The van der Waals surface area contributed by atoms with Crippen LogP contribution in [-0.2, 0) is 4.79 Å². The molecule has 0 bridgehead atoms. The number of rotatable bonds is 4. The fourth-order valence-electron chi connectivity index (χ4n) is 2.72. The van der Waals surface area contributed by atoms with E-state index in [0.717, 1.165) is 0 Å². The van der Waals surface area contributed by atoms with Gasteiger partial charge in [0, 0.05) is 36.8 Å². The fourth-order valence-corrected chi connectivity index (χ4v) is 2.72. The largest absolute Gasteiger partial charge is 0.338 e. The van der Waals surface area contributed by atoms with Crippen molar-refractivity contribution in [3.63, 3.8) is 0 Å². The molecule has 0 radical (unpaired) electrons. The molecule has 3 rings (SSSR count). The van der Waals surface area contributed by atoms with Crippen LogP contribution in [0.15, 0.2) is 54.6 Å². The highest BCUT2D eigenvalue weighted by molar-refractivity contribution is 5.96. The fraction of sp³-hybridized carbons (Fsp3) is 0.222. The summed E-state index contributed by atoms with van der Waals surface area (Å²) in [5, 5.41) is 5.52. The number of hydrogen-bond donors (Lipinski definition) is 2. The van der Waals surface area contributed by atoms with Crippen molar-refractivity contribution in [2.75, 3.05) is 23.3 Å². The number of urea groups is 1. The standard InChI is InChI=1S/C18H18FN3O2/c19-14-6-8-16(9-7-14)22-12-13(10-17(22)23)11-20-18(24)21-15-4-2-1-3-5-15/h1-9,13H,10-12H2,(H2,20,21,24). The molecule has 0 saturated carbocycles. The minimum Gasteiger partial charge on any atom is -0.338 e. The Morgan fingerprint density at radius 1 is 1.12 bits per heavy atom. The predicted molar refractivity (Wildman–Crippen MR) is 90.3 cm³/mol. The van der Waals surface area contributed by atoms with Crippen LogP contribution in [0.2, 0.25) is 0 Å². The Morgan fingerprint density at radius 2 is 1.83 bits per heavy atom. The molecule has 24 heavy (non-hydrogen) atoms. The van der Waals surface area contributed by atoms with Crippen molar-refractivity contribution in [1.29, 1.82) is 0 Å². The SMILES string of the molecule is O=C(NCC1CC(=O)N(c2ccc(F)cc2)C1)Nc1ccccc1. The summed E-state index contributed by atoms with van der Waals surface area (Å²) in [6.45, 7) is 0.915. The van der Waals surface area contributed by atoms with E-state index in [-0.39, 0.29) is 23.7 Å². The zero-order chi connectivity index (χ0) is 16.9. The Balaban J connectivity index is 1.51. The molecule has 2 aromatic rings. The van der Waals surface area contributed by atoms with E-state index in [1.165, 1.54) is 12.1 Å². The number of hydrogen-bond acceptors (Lipinski definition) is 2. The van der Waals surface area contributed by atoms with Gasteiger partial charge in [0.2, 0.25) is 5.91 Å². The van der Waals surface area contributed by atoms with Crippen molar-refractivity contribution in [2.45, 2.75) is 6.42 Å². The van der Waals surface area contributed by atoms with Gasteiger partial charge in [0.05, 0.1) is 0 Å². The third-order valence-electron chi connectivity index (χ3n) is 3.93. The van der Waals surface area contributed by atoms with Crippen LogP contribution >= 0.6 is 0 Å². The van der Waals surface area contributed by atoms with Crippen LogP contribution in [-0.4, -0.2) is 25.0 Å². The summed E-state index contributed by atoms with van der Waals surface area (Å²) in [4.78, 5) is 25.6. The quantitative estimate of drug-likeness (QED) is 0.907. The van der Waals surface area contributed by atoms with Crippen LogP contribution in [0.4, 0.5) is 20.6 Å². The minimum absolute atomic E-state index is 0.0168. The molecule has 0 spiro atoms. The third kappa shape index (κ3) is 3.90. The Hall–Kier alpha value is -2.89. The summed E-state index contributed by atoms with van der Waals surface area (Å²) in [7, 11) is 0. The van der Waals surface area contributed by atoms with E-state index in [1.807, 2.05) is 18.2 Å². The lowest BCUT2D eigenvalue weighted by molar-refractivity contribution is -0.117. The predicted octanol–water partition coefficient (Wildman–Crippen LogP) is 3.00. The Bertz CT molecular complexity index is 719. The van der Waals surface area contributed by atoms with Crippen LogP contribution in [0.5, 0.6) is 0 Å². The molecule has 0 aromatic heterocycles. The van der Waals surface area contributed by atoms with E-state index in [1.54, 1.807) is 29.2 Å². The van der Waals surface area contributed by atoms with Gasteiger partial charge >= 0.3 is 6.03 Å². The normalized spacial score (nSPS) is 17.0. The smallest absolute Gasteiger partial charge is 0.319 e. The molecule has 2 aromatic carbocycles. The second-order valence-corrected chi connectivity index (χ2v) is 5.75. The van der Waals surface area contributed by atoms with Gasteiger partial charge in [0.25, 0.3) is 0 Å². The van der Waals surface area contributed by atoms with Crippen LogP contribution in [0.25, 0.3) is 0 Å². The van der Waals surface area contributed by atoms with Crippen LogP contribution in [0, 0.1) is 11.7 Å². The number of para-hydroxylation sites is 1. The summed E-state index contributed by atoms with van der Waals surface area (Å²) < 4.78 is 13.0. The van der Waals surface area contributed by atoms with Gasteiger partial charge in [-0.3, -0.25) is 4.79 Å². The molecule has 6 heteroatoms. The first-order chi connectivity index (χ1) is 11.6. The number of nitrogens with zero attached hydrogens (tertiary/aromatic N) is 1. The van der Waals surface area contributed by atoms with Gasteiger partial charge in [-0.05, 0) is 36.4 Å². The average molecular weight is 327 g/mol. The lowest BCUT2D eigenvalue weighted by Gasteiger charge is -2.17. The van der Waals surface area contributed by atoms with Crippen molar-refractivity contribution in [1.82, 2.24) is 5.32 Å². The number of benzene rings is 2. The molecule has 1 aliphatic heterocycles. The Labute approximate surface area is 139 Å². The molecule has 3 amide bonds. The van der Waals surface area contributed by atoms with Gasteiger partial charge in [-0.1, -0.05) is 18.2 Å². The van der Waals surface area contributed by atoms with E-state index in [9.17, 15) is 14.0 Å². The highest BCUT2D eigenvalue weighted by Gasteiger charge is 2.30. The summed E-state index contributed by atoms with van der Waals surface area (Å²) in [5.41, 5.74) is 1.39. The number of amides is 3. The second kappa shape index (κ2) is 7.12. The first kappa shape index (κ1) is 16.0. The molecule has 124 valence electrons. The molecule has 2 N–H and O–H groups in total. The summed E-state index contributed by atoms with van der Waals surface area (Å²) >= 11 is 0. The van der Waals surface area contributed by atoms with Gasteiger partial charge in [0.15, 0.2) is 0 Å². The van der Waals surface area contributed by atoms with Crippen molar-refractivity contribution in [3.8, 4) is 0 Å². The molecular formula is C18H18FN3O2. The highest BCUT2D eigenvalue weighted by atomic mass is 19.1. The van der Waals surface area contributed by atoms with E-state index >= 15 is 0 Å². The van der Waals surface area contributed by atoms with Gasteiger partial charge in [-0.15, -0.1) is 0 Å². The number of halogens is 1. The van der Waals surface area contributed by atoms with E-state index < -0.39 is 0 Å². The van der Waals surface area contributed by atoms with Crippen molar-refractivity contribution >= 4 is 23.3 Å². The van der Waals surface area contributed by atoms with Gasteiger partial charge in [-0.2, -0.15) is 0 Å². The molecule has 1 unspecified atom stereocenters. The number of anilines is 2. The molecule has 1 saturated heterocycles. The van der Waals surface area contributed by atoms with Crippen molar-refractivity contribution in [2.24, 2.45) is 5.92 Å². The van der Waals surface area contributed by atoms with Gasteiger partial charge in [-0.25, -0.2) is 9.18 Å². The molecule has 1 atom stereocenters. The molecule has 0 aliphatic carbocycles. The maximum absolute atomic E-state index is 13.0. The average Bonchev–Trinajstić information content (AvgIpc) is 2.95. The zero-order valence-corrected chi connectivity index (χ0v) is 13.0. The van der Waals surface area contributed by atoms with Crippen LogP contribution in [0.3, 0.4) is 0 Å². The molecular weight excluding hydrogens is 309 g/mol. The molecule has 1 fully saturated rings. The monoisotopic (exact) mass is 327 g/mol. The summed E-state index contributed by atoms with van der Waals surface area (Å²) in [6.07, 6.45) is 0.364. The third-order valence-corrected chi connectivity index (χ3v) is 3.93. The van der Waals surface area contributed by atoms with Crippen molar-refractivity contribution < 1.29 is 14.0 Å². The van der Waals surface area contributed by atoms with E-state index in [2.05, 4.69) is 10.6 Å². The Morgan fingerprint density at radius 3 is 2.54 bits per heavy atom. The van der Waals surface area contributed by atoms with Crippen molar-refractivity contribution in [3.05, 3.63) is 60.4 Å². The Kier molecular flexibility index (Phi) is 4.74. The first-order valence-electron chi connectivity index (χ1n) is 7.77.